The summed E-state index contributed by atoms with van der Waals surface area (Å²) in [6.45, 7) is 13.9. The minimum atomic E-state index is -0.478. The first-order chi connectivity index (χ1) is 10.1. The molecular weight excluding hydrogens is 280 g/mol. The molecule has 126 valence electrons. The Morgan fingerprint density at radius 3 is 2.59 bits per heavy atom. The number of carbonyl (C=O) groups is 1. The number of hydrogen-bond donors (Lipinski definition) is 2. The number of aryl methyl sites for hydroxylation is 1. The first-order valence-corrected chi connectivity index (χ1v) is 7.85. The van der Waals surface area contributed by atoms with E-state index < -0.39 is 11.7 Å². The Morgan fingerprint density at radius 2 is 2.00 bits per heavy atom. The number of aromatic nitrogens is 2. The lowest BCUT2D eigenvalue weighted by atomic mass is 10.1. The maximum absolute atomic E-state index is 11.7. The van der Waals surface area contributed by atoms with Gasteiger partial charge >= 0.3 is 6.09 Å². The zero-order valence-electron chi connectivity index (χ0n) is 14.7. The molecule has 1 heterocycles. The average Bonchev–Trinajstić information content (AvgIpc) is 2.80. The summed E-state index contributed by atoms with van der Waals surface area (Å²) < 4.78 is 7.25. The highest BCUT2D eigenvalue weighted by atomic mass is 16.6. The van der Waals surface area contributed by atoms with Crippen molar-refractivity contribution in [3.63, 3.8) is 0 Å². The van der Waals surface area contributed by atoms with Crippen LogP contribution in [-0.2, 0) is 17.8 Å². The molecule has 6 heteroatoms. The minimum absolute atomic E-state index is 0.238. The predicted molar refractivity (Wildman–Crippen MR) is 87.7 cm³/mol. The summed E-state index contributed by atoms with van der Waals surface area (Å²) in [5, 5.41) is 10.6. The lowest BCUT2D eigenvalue weighted by Crippen LogP contribution is -2.49. The highest BCUT2D eigenvalue weighted by Crippen LogP contribution is 2.08. The molecule has 0 saturated carbocycles. The maximum Gasteiger partial charge on any atom is 0.407 e. The number of hydrogen-bond acceptors (Lipinski definition) is 4. The lowest BCUT2D eigenvalue weighted by Gasteiger charge is -2.28. The second-order valence-electron chi connectivity index (χ2n) is 7.14. The van der Waals surface area contributed by atoms with Crippen molar-refractivity contribution in [3.8, 4) is 0 Å². The monoisotopic (exact) mass is 310 g/mol. The van der Waals surface area contributed by atoms with Gasteiger partial charge in [-0.15, -0.1) is 0 Å². The fourth-order valence-corrected chi connectivity index (χ4v) is 1.92. The Hall–Kier alpha value is -1.56. The van der Waals surface area contributed by atoms with Gasteiger partial charge < -0.3 is 15.4 Å². The Bertz CT molecular complexity index is 475. The van der Waals surface area contributed by atoms with E-state index in [1.807, 2.05) is 51.6 Å². The van der Waals surface area contributed by atoms with E-state index in [2.05, 4.69) is 22.7 Å². The van der Waals surface area contributed by atoms with E-state index in [0.29, 0.717) is 13.1 Å². The second-order valence-corrected chi connectivity index (χ2v) is 7.14. The first-order valence-electron chi connectivity index (χ1n) is 7.85. The number of rotatable bonds is 7. The molecule has 0 unspecified atom stereocenters. The molecule has 0 spiro atoms. The predicted octanol–water partition coefficient (Wildman–Crippen LogP) is 2.69. The van der Waals surface area contributed by atoms with Gasteiger partial charge in [0.25, 0.3) is 0 Å². The summed E-state index contributed by atoms with van der Waals surface area (Å²) >= 11 is 0. The number of ether oxygens (including phenoxy) is 1. The summed E-state index contributed by atoms with van der Waals surface area (Å²) in [4.78, 5) is 11.7. The third-order valence-electron chi connectivity index (χ3n) is 3.06. The Kier molecular flexibility index (Phi) is 6.41. The SMILES string of the molecule is CCCn1nccc1CNC(C)(C)CNC(=O)OC(C)(C)C. The van der Waals surface area contributed by atoms with Gasteiger partial charge in [-0.25, -0.2) is 4.79 Å². The number of nitrogens with one attached hydrogen (secondary N) is 2. The van der Waals surface area contributed by atoms with Crippen molar-refractivity contribution in [2.75, 3.05) is 6.54 Å². The third kappa shape index (κ3) is 6.93. The van der Waals surface area contributed by atoms with Crippen LogP contribution in [0.2, 0.25) is 0 Å². The Balaban J connectivity index is 2.43. The zero-order valence-corrected chi connectivity index (χ0v) is 14.7. The van der Waals surface area contributed by atoms with E-state index in [0.717, 1.165) is 18.7 Å². The molecule has 1 rings (SSSR count). The molecule has 1 aromatic heterocycles. The van der Waals surface area contributed by atoms with Crippen LogP contribution in [0.25, 0.3) is 0 Å². The first kappa shape index (κ1) is 18.5. The number of amides is 1. The molecule has 2 N–H and O–H groups in total. The summed E-state index contributed by atoms with van der Waals surface area (Å²) in [5.41, 5.74) is 0.430. The van der Waals surface area contributed by atoms with Crippen molar-refractivity contribution in [3.05, 3.63) is 18.0 Å². The molecule has 0 aliphatic carbocycles. The standard InChI is InChI=1S/C16H30N4O2/c1-7-10-20-13(8-9-19-20)11-18-16(5,6)12-17-14(21)22-15(2,3)4/h8-9,18H,7,10-12H2,1-6H3,(H,17,21). The van der Waals surface area contributed by atoms with Gasteiger partial charge in [-0.3, -0.25) is 4.68 Å². The normalized spacial score (nSPS) is 12.3. The fourth-order valence-electron chi connectivity index (χ4n) is 1.92. The van der Waals surface area contributed by atoms with Crippen LogP contribution in [0.5, 0.6) is 0 Å². The Morgan fingerprint density at radius 1 is 1.32 bits per heavy atom. The maximum atomic E-state index is 11.7. The van der Waals surface area contributed by atoms with Gasteiger partial charge in [0.15, 0.2) is 0 Å². The van der Waals surface area contributed by atoms with Gasteiger partial charge in [-0.1, -0.05) is 6.92 Å². The molecule has 6 nitrogen and oxygen atoms in total. The van der Waals surface area contributed by atoms with Gasteiger partial charge in [-0.05, 0) is 47.1 Å². The van der Waals surface area contributed by atoms with E-state index in [1.165, 1.54) is 0 Å². The van der Waals surface area contributed by atoms with E-state index in [9.17, 15) is 4.79 Å². The van der Waals surface area contributed by atoms with Crippen molar-refractivity contribution >= 4 is 6.09 Å². The molecule has 0 fully saturated rings. The molecule has 1 aromatic rings. The van der Waals surface area contributed by atoms with E-state index in [-0.39, 0.29) is 5.54 Å². The van der Waals surface area contributed by atoms with Gasteiger partial charge in [-0.2, -0.15) is 5.10 Å². The van der Waals surface area contributed by atoms with Crippen molar-refractivity contribution in [1.29, 1.82) is 0 Å². The van der Waals surface area contributed by atoms with Crippen LogP contribution >= 0.6 is 0 Å². The van der Waals surface area contributed by atoms with Crippen LogP contribution in [-0.4, -0.2) is 33.6 Å². The molecule has 0 aliphatic rings. The fraction of sp³-hybridized carbons (Fsp3) is 0.750. The molecule has 0 saturated heterocycles. The highest BCUT2D eigenvalue weighted by molar-refractivity contribution is 5.67. The van der Waals surface area contributed by atoms with Crippen LogP contribution in [0.3, 0.4) is 0 Å². The minimum Gasteiger partial charge on any atom is -0.444 e. The summed E-state index contributed by atoms with van der Waals surface area (Å²) in [6.07, 6.45) is 2.48. The Labute approximate surface area is 133 Å². The largest absolute Gasteiger partial charge is 0.444 e. The summed E-state index contributed by atoms with van der Waals surface area (Å²) in [6, 6.07) is 2.01. The van der Waals surface area contributed by atoms with Crippen LogP contribution in [0, 0.1) is 0 Å². The second kappa shape index (κ2) is 7.63. The average molecular weight is 310 g/mol. The molecule has 22 heavy (non-hydrogen) atoms. The van der Waals surface area contributed by atoms with Crippen LogP contribution < -0.4 is 10.6 Å². The third-order valence-corrected chi connectivity index (χ3v) is 3.06. The molecule has 1 amide bonds. The van der Waals surface area contributed by atoms with Gasteiger partial charge in [0.05, 0.1) is 5.69 Å². The number of carbonyl (C=O) groups excluding carboxylic acids is 1. The van der Waals surface area contributed by atoms with E-state index >= 15 is 0 Å². The van der Waals surface area contributed by atoms with Gasteiger partial charge in [0.1, 0.15) is 5.60 Å². The lowest BCUT2D eigenvalue weighted by molar-refractivity contribution is 0.0513. The van der Waals surface area contributed by atoms with Crippen molar-refractivity contribution in [1.82, 2.24) is 20.4 Å². The number of alkyl carbamates (subject to hydrolysis) is 1. The topological polar surface area (TPSA) is 68.2 Å². The van der Waals surface area contributed by atoms with Crippen LogP contribution in [0.15, 0.2) is 12.3 Å². The quantitative estimate of drug-likeness (QED) is 0.812. The highest BCUT2D eigenvalue weighted by Gasteiger charge is 2.21. The van der Waals surface area contributed by atoms with Crippen molar-refractivity contribution in [2.45, 2.75) is 72.2 Å². The van der Waals surface area contributed by atoms with E-state index in [1.54, 1.807) is 0 Å². The van der Waals surface area contributed by atoms with Crippen molar-refractivity contribution < 1.29 is 9.53 Å². The molecule has 0 atom stereocenters. The van der Waals surface area contributed by atoms with Gasteiger partial charge in [0.2, 0.25) is 0 Å². The van der Waals surface area contributed by atoms with Gasteiger partial charge in [0, 0.05) is 31.4 Å². The summed E-state index contributed by atoms with van der Waals surface area (Å²) in [5.74, 6) is 0. The molecule has 0 bridgehead atoms. The van der Waals surface area contributed by atoms with Crippen LogP contribution in [0.4, 0.5) is 4.79 Å². The molecular formula is C16H30N4O2. The molecule has 0 radical (unpaired) electrons. The zero-order chi connectivity index (χ0) is 16.8. The molecule has 0 aliphatic heterocycles. The van der Waals surface area contributed by atoms with E-state index in [4.69, 9.17) is 4.74 Å². The smallest absolute Gasteiger partial charge is 0.407 e. The molecule has 0 aromatic carbocycles. The summed E-state index contributed by atoms with van der Waals surface area (Å²) in [7, 11) is 0. The van der Waals surface area contributed by atoms with Crippen molar-refractivity contribution in [2.24, 2.45) is 0 Å². The van der Waals surface area contributed by atoms with Crippen LogP contribution in [0.1, 0.15) is 53.7 Å². The number of nitrogens with zero attached hydrogens (tertiary/aromatic N) is 2.